The monoisotopic (exact) mass is 204 g/mol. The maximum Gasteiger partial charge on any atom is 0.242 e. The number of rotatable bonds is 2. The molecule has 1 fully saturated rings. The van der Waals surface area contributed by atoms with Gasteiger partial charge in [0.1, 0.15) is 6.04 Å². The first kappa shape index (κ1) is 10.2. The van der Waals surface area contributed by atoms with Crippen LogP contribution in [0, 0.1) is 6.92 Å². The summed E-state index contributed by atoms with van der Waals surface area (Å²) in [5.41, 5.74) is 8.17. The van der Waals surface area contributed by atoms with E-state index in [0.717, 1.165) is 12.1 Å². The van der Waals surface area contributed by atoms with Crippen LogP contribution in [0.3, 0.4) is 0 Å². The number of likely N-dealkylation sites (N-methyl/N-ethyl adjacent to an activating group) is 1. The van der Waals surface area contributed by atoms with Gasteiger partial charge in [0.25, 0.3) is 0 Å². The molecule has 3 heteroatoms. The molecule has 0 bridgehead atoms. The fourth-order valence-corrected chi connectivity index (χ4v) is 2.08. The smallest absolute Gasteiger partial charge is 0.242 e. The molecule has 1 saturated heterocycles. The average molecular weight is 204 g/mol. The van der Waals surface area contributed by atoms with Crippen molar-refractivity contribution in [3.63, 3.8) is 0 Å². The van der Waals surface area contributed by atoms with Gasteiger partial charge in [0.2, 0.25) is 5.91 Å². The number of aryl methyl sites for hydroxylation is 1. The van der Waals surface area contributed by atoms with Gasteiger partial charge in [-0.05, 0) is 19.4 Å². The third-order valence-corrected chi connectivity index (χ3v) is 3.00. The summed E-state index contributed by atoms with van der Waals surface area (Å²) in [7, 11) is 0. The van der Waals surface area contributed by atoms with Crippen molar-refractivity contribution in [3.05, 3.63) is 35.4 Å². The van der Waals surface area contributed by atoms with Crippen molar-refractivity contribution in [3.8, 4) is 0 Å². The van der Waals surface area contributed by atoms with E-state index in [2.05, 4.69) is 24.3 Å². The molecule has 1 aromatic carbocycles. The lowest BCUT2D eigenvalue weighted by atomic mass is 9.89. The number of hydrogen-bond acceptors (Lipinski definition) is 2. The molecular formula is C12H16N2O. The quantitative estimate of drug-likeness (QED) is 0.736. The summed E-state index contributed by atoms with van der Waals surface area (Å²) < 4.78 is 0. The number of amides is 1. The number of hydrogen-bond donors (Lipinski definition) is 1. The molecule has 1 amide bonds. The molecule has 2 N–H and O–H groups in total. The molecule has 1 aliphatic heterocycles. The molecule has 80 valence electrons. The Labute approximate surface area is 89.9 Å². The summed E-state index contributed by atoms with van der Waals surface area (Å²) in [5, 5.41) is 0. The van der Waals surface area contributed by atoms with Gasteiger partial charge in [-0.2, -0.15) is 0 Å². The Morgan fingerprint density at radius 3 is 2.47 bits per heavy atom. The molecule has 0 radical (unpaired) electrons. The van der Waals surface area contributed by atoms with Crippen LogP contribution in [0.2, 0.25) is 0 Å². The minimum atomic E-state index is -0.354. The third kappa shape index (κ3) is 1.53. The van der Waals surface area contributed by atoms with Crippen LogP contribution in [0.4, 0.5) is 0 Å². The Morgan fingerprint density at radius 2 is 1.93 bits per heavy atom. The van der Waals surface area contributed by atoms with E-state index in [1.807, 2.05) is 18.7 Å². The summed E-state index contributed by atoms with van der Waals surface area (Å²) in [4.78, 5) is 13.3. The summed E-state index contributed by atoms with van der Waals surface area (Å²) in [5.74, 6) is 0.0584. The highest BCUT2D eigenvalue weighted by Crippen LogP contribution is 2.33. The topological polar surface area (TPSA) is 46.3 Å². The van der Waals surface area contributed by atoms with Gasteiger partial charge in [-0.25, -0.2) is 0 Å². The molecule has 0 aromatic heterocycles. The van der Waals surface area contributed by atoms with E-state index in [0.29, 0.717) is 0 Å². The van der Waals surface area contributed by atoms with Crippen molar-refractivity contribution in [1.29, 1.82) is 0 Å². The Hall–Kier alpha value is -1.35. The van der Waals surface area contributed by atoms with E-state index >= 15 is 0 Å². The zero-order valence-corrected chi connectivity index (χ0v) is 9.10. The molecule has 0 spiro atoms. The Bertz CT molecular complexity index is 372. The molecule has 2 rings (SSSR count). The van der Waals surface area contributed by atoms with Gasteiger partial charge < -0.3 is 10.6 Å². The van der Waals surface area contributed by atoms with Crippen molar-refractivity contribution < 1.29 is 4.79 Å². The summed E-state index contributed by atoms with van der Waals surface area (Å²) in [6, 6.07) is 7.93. The number of nitrogens with two attached hydrogens (primary N) is 1. The highest BCUT2D eigenvalue weighted by atomic mass is 16.2. The van der Waals surface area contributed by atoms with E-state index < -0.39 is 0 Å². The highest BCUT2D eigenvalue weighted by Gasteiger charge is 2.44. The SMILES string of the molecule is CCN1C(=O)[C@@H](N)[C@@H]1c1ccc(C)cc1. The number of likely N-dealkylation sites (tertiary alicyclic amines) is 1. The fraction of sp³-hybridized carbons (Fsp3) is 0.417. The first-order valence-electron chi connectivity index (χ1n) is 5.27. The predicted octanol–water partition coefficient (Wildman–Crippen LogP) is 1.23. The van der Waals surface area contributed by atoms with Gasteiger partial charge in [-0.1, -0.05) is 29.8 Å². The van der Waals surface area contributed by atoms with Crippen LogP contribution in [-0.4, -0.2) is 23.4 Å². The second kappa shape index (κ2) is 3.66. The normalized spacial score (nSPS) is 25.3. The van der Waals surface area contributed by atoms with E-state index in [4.69, 9.17) is 5.73 Å². The number of nitrogens with zero attached hydrogens (tertiary/aromatic N) is 1. The second-order valence-electron chi connectivity index (χ2n) is 4.01. The molecule has 15 heavy (non-hydrogen) atoms. The first-order valence-corrected chi connectivity index (χ1v) is 5.27. The number of carbonyl (C=O) groups is 1. The fourth-order valence-electron chi connectivity index (χ4n) is 2.08. The van der Waals surface area contributed by atoms with Crippen LogP contribution in [0.25, 0.3) is 0 Å². The van der Waals surface area contributed by atoms with E-state index in [-0.39, 0.29) is 18.0 Å². The number of β-lactam (4-membered cyclic amide) rings is 1. The maximum absolute atomic E-state index is 11.4. The van der Waals surface area contributed by atoms with Crippen molar-refractivity contribution in [2.24, 2.45) is 5.73 Å². The van der Waals surface area contributed by atoms with Crippen molar-refractivity contribution in [2.45, 2.75) is 25.9 Å². The molecular weight excluding hydrogens is 188 g/mol. The van der Waals surface area contributed by atoms with Crippen LogP contribution in [0.1, 0.15) is 24.1 Å². The molecule has 1 heterocycles. The molecule has 2 atom stereocenters. The Balaban J connectivity index is 2.24. The number of carbonyl (C=O) groups excluding carboxylic acids is 1. The lowest BCUT2D eigenvalue weighted by Crippen LogP contribution is -2.62. The maximum atomic E-state index is 11.4. The summed E-state index contributed by atoms with van der Waals surface area (Å²) >= 11 is 0. The largest absolute Gasteiger partial charge is 0.332 e. The van der Waals surface area contributed by atoms with Gasteiger partial charge in [0, 0.05) is 6.54 Å². The highest BCUT2D eigenvalue weighted by molar-refractivity contribution is 5.89. The third-order valence-electron chi connectivity index (χ3n) is 3.00. The van der Waals surface area contributed by atoms with E-state index in [1.165, 1.54) is 5.56 Å². The lowest BCUT2D eigenvalue weighted by molar-refractivity contribution is -0.149. The van der Waals surface area contributed by atoms with Crippen molar-refractivity contribution in [1.82, 2.24) is 4.90 Å². The Morgan fingerprint density at radius 1 is 1.33 bits per heavy atom. The predicted molar refractivity (Wildman–Crippen MR) is 59.3 cm³/mol. The molecule has 3 nitrogen and oxygen atoms in total. The van der Waals surface area contributed by atoms with Crippen molar-refractivity contribution in [2.75, 3.05) is 6.54 Å². The van der Waals surface area contributed by atoms with Crippen LogP contribution < -0.4 is 5.73 Å². The summed E-state index contributed by atoms with van der Waals surface area (Å²) in [6.07, 6.45) is 0. The molecule has 0 saturated carbocycles. The minimum Gasteiger partial charge on any atom is -0.332 e. The standard InChI is InChI=1S/C12H16N2O/c1-3-14-11(10(13)12(14)15)9-6-4-8(2)5-7-9/h4-7,10-11H,3,13H2,1-2H3/t10-,11-/m0/s1. The molecule has 0 unspecified atom stereocenters. The van der Waals surface area contributed by atoms with Crippen molar-refractivity contribution >= 4 is 5.91 Å². The van der Waals surface area contributed by atoms with Gasteiger partial charge in [-0.3, -0.25) is 4.79 Å². The first-order chi connectivity index (χ1) is 7.15. The minimum absolute atomic E-state index is 0.0584. The molecule has 0 aliphatic carbocycles. The van der Waals surface area contributed by atoms with E-state index in [1.54, 1.807) is 0 Å². The van der Waals surface area contributed by atoms with Gasteiger partial charge in [0.15, 0.2) is 0 Å². The zero-order chi connectivity index (χ0) is 11.0. The lowest BCUT2D eigenvalue weighted by Gasteiger charge is -2.45. The van der Waals surface area contributed by atoms with Crippen LogP contribution in [0.5, 0.6) is 0 Å². The van der Waals surface area contributed by atoms with E-state index in [9.17, 15) is 4.79 Å². The molecule has 1 aliphatic rings. The average Bonchev–Trinajstić information content (AvgIpc) is 2.26. The number of benzene rings is 1. The second-order valence-corrected chi connectivity index (χ2v) is 4.01. The van der Waals surface area contributed by atoms with Crippen LogP contribution in [0.15, 0.2) is 24.3 Å². The van der Waals surface area contributed by atoms with Gasteiger partial charge in [0.05, 0.1) is 6.04 Å². The van der Waals surface area contributed by atoms with Crippen LogP contribution in [-0.2, 0) is 4.79 Å². The van der Waals surface area contributed by atoms with Gasteiger partial charge in [-0.15, -0.1) is 0 Å². The summed E-state index contributed by atoms with van der Waals surface area (Å²) in [6.45, 7) is 4.75. The molecule has 1 aromatic rings. The zero-order valence-electron chi connectivity index (χ0n) is 9.10. The Kier molecular flexibility index (Phi) is 2.49. The van der Waals surface area contributed by atoms with Crippen LogP contribution >= 0.6 is 0 Å². The van der Waals surface area contributed by atoms with Gasteiger partial charge >= 0.3 is 0 Å².